The third kappa shape index (κ3) is 5.28. The van der Waals surface area contributed by atoms with E-state index in [2.05, 4.69) is 26.0 Å². The lowest BCUT2D eigenvalue weighted by Crippen LogP contribution is -2.20. The van der Waals surface area contributed by atoms with Gasteiger partial charge in [-0.25, -0.2) is 4.98 Å². The molecule has 0 spiro atoms. The Morgan fingerprint density at radius 3 is 2.60 bits per heavy atom. The summed E-state index contributed by atoms with van der Waals surface area (Å²) < 4.78 is 46.5. The van der Waals surface area contributed by atoms with Crippen molar-refractivity contribution in [2.45, 2.75) is 13.1 Å². The molecule has 0 saturated heterocycles. The summed E-state index contributed by atoms with van der Waals surface area (Å²) in [5.74, 6) is -0.601. The SMILES string of the molecule is CC(=O)Oc1c(Br)cc(Cl)cc1C=Nn1c(-c2cccc(C(F)(F)F)c2)nc2ccccc2c1=O. The van der Waals surface area contributed by atoms with E-state index in [1.807, 2.05) is 0 Å². The number of benzene rings is 3. The van der Waals surface area contributed by atoms with Crippen molar-refractivity contribution in [3.05, 3.63) is 91.6 Å². The van der Waals surface area contributed by atoms with Gasteiger partial charge in [0, 0.05) is 23.1 Å². The van der Waals surface area contributed by atoms with Crippen molar-refractivity contribution < 1.29 is 22.7 Å². The van der Waals surface area contributed by atoms with E-state index in [4.69, 9.17) is 16.3 Å². The first-order valence-electron chi connectivity index (χ1n) is 9.96. The Balaban J connectivity index is 1.96. The van der Waals surface area contributed by atoms with Crippen LogP contribution in [0.3, 0.4) is 0 Å². The van der Waals surface area contributed by atoms with Crippen LogP contribution in [0.5, 0.6) is 5.75 Å². The first kappa shape index (κ1) is 24.6. The number of ether oxygens (including phenoxy) is 1. The number of rotatable bonds is 4. The summed E-state index contributed by atoms with van der Waals surface area (Å²) in [6.45, 7) is 1.21. The Morgan fingerprint density at radius 2 is 1.89 bits per heavy atom. The molecule has 0 aliphatic carbocycles. The third-order valence-electron chi connectivity index (χ3n) is 4.80. The Morgan fingerprint density at radius 1 is 1.14 bits per heavy atom. The van der Waals surface area contributed by atoms with Gasteiger partial charge in [-0.15, -0.1) is 0 Å². The van der Waals surface area contributed by atoms with E-state index in [-0.39, 0.29) is 33.1 Å². The fourth-order valence-electron chi connectivity index (χ4n) is 3.30. The summed E-state index contributed by atoms with van der Waals surface area (Å²) in [5.41, 5.74) is -0.928. The maximum absolute atomic E-state index is 13.3. The van der Waals surface area contributed by atoms with Gasteiger partial charge in [0.2, 0.25) is 0 Å². The number of carbonyl (C=O) groups excluding carboxylic acids is 1. The molecule has 0 radical (unpaired) electrons. The zero-order valence-electron chi connectivity index (χ0n) is 17.8. The molecule has 1 heterocycles. The average Bonchev–Trinajstić information content (AvgIpc) is 2.79. The van der Waals surface area contributed by atoms with Crippen LogP contribution in [0.1, 0.15) is 18.1 Å². The number of alkyl halides is 3. The highest BCUT2D eigenvalue weighted by Gasteiger charge is 2.31. The van der Waals surface area contributed by atoms with E-state index >= 15 is 0 Å². The topological polar surface area (TPSA) is 73.5 Å². The summed E-state index contributed by atoms with van der Waals surface area (Å²) >= 11 is 9.38. The van der Waals surface area contributed by atoms with Crippen LogP contribution in [0.4, 0.5) is 13.2 Å². The summed E-state index contributed by atoms with van der Waals surface area (Å²) in [6, 6.07) is 13.8. The fraction of sp³-hybridized carbons (Fsp3) is 0.0833. The van der Waals surface area contributed by atoms with Gasteiger partial charge in [0.05, 0.1) is 27.2 Å². The van der Waals surface area contributed by atoms with Crippen molar-refractivity contribution in [3.63, 3.8) is 0 Å². The normalized spacial score (nSPS) is 11.8. The van der Waals surface area contributed by atoms with Crippen LogP contribution in [-0.4, -0.2) is 21.8 Å². The second-order valence-electron chi connectivity index (χ2n) is 7.29. The molecule has 0 unspecified atom stereocenters. The van der Waals surface area contributed by atoms with Crippen molar-refractivity contribution in [2.24, 2.45) is 5.10 Å². The largest absolute Gasteiger partial charge is 0.425 e. The highest BCUT2D eigenvalue weighted by Crippen LogP contribution is 2.33. The Hall–Kier alpha value is -3.50. The molecule has 0 saturated carbocycles. The number of hydrogen-bond acceptors (Lipinski definition) is 5. The highest BCUT2D eigenvalue weighted by molar-refractivity contribution is 9.10. The van der Waals surface area contributed by atoms with E-state index < -0.39 is 23.3 Å². The van der Waals surface area contributed by atoms with Crippen molar-refractivity contribution in [2.75, 3.05) is 0 Å². The van der Waals surface area contributed by atoms with Crippen LogP contribution in [0.15, 0.2) is 75.0 Å². The van der Waals surface area contributed by atoms with Crippen LogP contribution < -0.4 is 10.3 Å². The fourth-order valence-corrected chi connectivity index (χ4v) is 4.21. The van der Waals surface area contributed by atoms with Crippen molar-refractivity contribution in [1.82, 2.24) is 9.66 Å². The highest BCUT2D eigenvalue weighted by atomic mass is 79.9. The van der Waals surface area contributed by atoms with E-state index in [1.165, 1.54) is 43.5 Å². The third-order valence-corrected chi connectivity index (χ3v) is 5.60. The number of nitrogens with zero attached hydrogens (tertiary/aromatic N) is 3. The molecule has 0 fully saturated rings. The molecule has 35 heavy (non-hydrogen) atoms. The quantitative estimate of drug-likeness (QED) is 0.166. The molecule has 1 aromatic heterocycles. The summed E-state index contributed by atoms with van der Waals surface area (Å²) in [6.07, 6.45) is -3.38. The minimum atomic E-state index is -4.59. The Bertz CT molecular complexity index is 1550. The van der Waals surface area contributed by atoms with Crippen LogP contribution >= 0.6 is 27.5 Å². The lowest BCUT2D eigenvalue weighted by Gasteiger charge is -2.12. The number of halogens is 5. The molecule has 0 aliphatic heterocycles. The van der Waals surface area contributed by atoms with E-state index in [1.54, 1.807) is 18.2 Å². The maximum Gasteiger partial charge on any atom is 0.416 e. The number of esters is 1. The molecule has 0 aliphatic rings. The Kier molecular flexibility index (Phi) is 6.77. The van der Waals surface area contributed by atoms with Gasteiger partial charge in [-0.3, -0.25) is 9.59 Å². The lowest BCUT2D eigenvalue weighted by molar-refractivity contribution is -0.137. The lowest BCUT2D eigenvalue weighted by atomic mass is 10.1. The van der Waals surface area contributed by atoms with Crippen molar-refractivity contribution in [3.8, 4) is 17.1 Å². The smallest absolute Gasteiger partial charge is 0.416 e. The standard InChI is InChI=1S/C24H14BrClF3N3O3/c1-13(33)35-21-15(10-17(26)11-19(21)25)12-30-32-22(14-5-4-6-16(9-14)24(27,28)29)31-20-8-3-2-7-18(20)23(32)34/h2-12H,1H3. The molecule has 4 rings (SSSR count). The Labute approximate surface area is 209 Å². The van der Waals surface area contributed by atoms with Gasteiger partial charge < -0.3 is 4.74 Å². The molecule has 6 nitrogen and oxygen atoms in total. The minimum absolute atomic E-state index is 0.0345. The van der Waals surface area contributed by atoms with E-state index in [0.29, 0.717) is 9.99 Å². The molecule has 4 aromatic rings. The molecule has 0 N–H and O–H groups in total. The van der Waals surface area contributed by atoms with Gasteiger partial charge in [0.1, 0.15) is 0 Å². The number of aromatic nitrogens is 2. The molecule has 3 aromatic carbocycles. The monoisotopic (exact) mass is 563 g/mol. The van der Waals surface area contributed by atoms with Crippen LogP contribution in [0, 0.1) is 0 Å². The zero-order chi connectivity index (χ0) is 25.3. The number of hydrogen-bond donors (Lipinski definition) is 0. The molecule has 0 amide bonds. The first-order chi connectivity index (χ1) is 16.5. The van der Waals surface area contributed by atoms with Gasteiger partial charge in [-0.2, -0.15) is 22.9 Å². The summed E-state index contributed by atoms with van der Waals surface area (Å²) in [5, 5.41) is 4.71. The van der Waals surface area contributed by atoms with Gasteiger partial charge in [0.15, 0.2) is 11.6 Å². The van der Waals surface area contributed by atoms with Crippen molar-refractivity contribution >= 4 is 50.6 Å². The molecule has 0 bridgehead atoms. The van der Waals surface area contributed by atoms with Gasteiger partial charge in [-0.05, 0) is 52.3 Å². The molecule has 0 atom stereocenters. The molecular formula is C24H14BrClF3N3O3. The van der Waals surface area contributed by atoms with Crippen molar-refractivity contribution in [1.29, 1.82) is 0 Å². The second-order valence-corrected chi connectivity index (χ2v) is 8.58. The molecule has 11 heteroatoms. The second kappa shape index (κ2) is 9.63. The number of para-hydroxylation sites is 1. The van der Waals surface area contributed by atoms with E-state index in [9.17, 15) is 22.8 Å². The van der Waals surface area contributed by atoms with Gasteiger partial charge in [-0.1, -0.05) is 35.9 Å². The predicted molar refractivity (Wildman–Crippen MR) is 130 cm³/mol. The maximum atomic E-state index is 13.3. The van der Waals surface area contributed by atoms with Crippen LogP contribution in [0.25, 0.3) is 22.3 Å². The predicted octanol–water partition coefficient (Wildman–Crippen LogP) is 6.31. The average molecular weight is 565 g/mol. The van der Waals surface area contributed by atoms with Crippen LogP contribution in [-0.2, 0) is 11.0 Å². The van der Waals surface area contributed by atoms with E-state index in [0.717, 1.165) is 16.8 Å². The van der Waals surface area contributed by atoms with Gasteiger partial charge in [0.25, 0.3) is 5.56 Å². The van der Waals surface area contributed by atoms with Crippen LogP contribution in [0.2, 0.25) is 5.02 Å². The number of carbonyl (C=O) groups is 1. The minimum Gasteiger partial charge on any atom is -0.425 e. The summed E-state index contributed by atoms with van der Waals surface area (Å²) in [7, 11) is 0. The summed E-state index contributed by atoms with van der Waals surface area (Å²) in [4.78, 5) is 29.2. The molecule has 178 valence electrons. The van der Waals surface area contributed by atoms with Gasteiger partial charge >= 0.3 is 12.1 Å². The first-order valence-corrected chi connectivity index (χ1v) is 11.1. The molecular weight excluding hydrogens is 551 g/mol. The zero-order valence-corrected chi connectivity index (χ0v) is 20.1. The number of fused-ring (bicyclic) bond motifs is 1.